The van der Waals surface area contributed by atoms with Crippen molar-refractivity contribution in [2.24, 2.45) is 0 Å². The van der Waals surface area contributed by atoms with Crippen molar-refractivity contribution >= 4 is 16.9 Å². The smallest absolute Gasteiger partial charge is 0.347 e. The number of ether oxygens (including phenoxy) is 4. The Morgan fingerprint density at radius 1 is 1.03 bits per heavy atom. The first-order valence-electron chi connectivity index (χ1n) is 9.76. The number of hydrogen-bond acceptors (Lipinski definition) is 7. The van der Waals surface area contributed by atoms with E-state index in [1.807, 2.05) is 13.8 Å². The average molecular weight is 412 g/mol. The monoisotopic (exact) mass is 412 g/mol. The minimum Gasteiger partial charge on any atom is -0.497 e. The van der Waals surface area contributed by atoms with Crippen molar-refractivity contribution in [1.82, 2.24) is 0 Å². The molecule has 1 aromatic heterocycles. The van der Waals surface area contributed by atoms with Gasteiger partial charge in [0.1, 0.15) is 29.1 Å². The number of carbonyl (C=O) groups excluding carboxylic acids is 1. The second kappa shape index (κ2) is 9.82. The maximum absolute atomic E-state index is 12.7. The van der Waals surface area contributed by atoms with Gasteiger partial charge in [-0.1, -0.05) is 13.8 Å². The highest BCUT2D eigenvalue weighted by molar-refractivity contribution is 5.79. The van der Waals surface area contributed by atoms with Crippen LogP contribution < -0.4 is 19.6 Å². The molecule has 3 aromatic rings. The van der Waals surface area contributed by atoms with E-state index in [0.717, 1.165) is 6.42 Å². The maximum Gasteiger partial charge on any atom is 0.347 e. The Morgan fingerprint density at radius 2 is 1.73 bits per heavy atom. The molecule has 0 aliphatic carbocycles. The lowest BCUT2D eigenvalue weighted by molar-refractivity contribution is -0.152. The molecule has 0 saturated carbocycles. The Bertz CT molecular complexity index is 1050. The van der Waals surface area contributed by atoms with Crippen molar-refractivity contribution < 1.29 is 28.2 Å². The molecule has 0 fully saturated rings. The van der Waals surface area contributed by atoms with Crippen molar-refractivity contribution in [3.63, 3.8) is 0 Å². The van der Waals surface area contributed by atoms with Gasteiger partial charge in [0.05, 0.1) is 19.1 Å². The standard InChI is InChI=1S/C23H24O7/c1-4-12-27-23(25)19(5-2)30-17-10-11-18-20(13-17)28-14-21(22(18)24)29-16-8-6-15(26-3)7-9-16/h6-11,13-14,19H,4-5,12H2,1-3H3/t19-/m0/s1. The van der Waals surface area contributed by atoms with Crippen LogP contribution in [0.25, 0.3) is 11.0 Å². The number of methoxy groups -OCH3 is 1. The fraction of sp³-hybridized carbons (Fsp3) is 0.304. The molecular formula is C23H24O7. The van der Waals surface area contributed by atoms with Gasteiger partial charge in [-0.25, -0.2) is 4.79 Å². The highest BCUT2D eigenvalue weighted by Crippen LogP contribution is 2.26. The third-order valence-corrected chi connectivity index (χ3v) is 4.36. The molecule has 0 bridgehead atoms. The first kappa shape index (κ1) is 21.2. The summed E-state index contributed by atoms with van der Waals surface area (Å²) in [6.45, 7) is 4.11. The Labute approximate surface area is 174 Å². The van der Waals surface area contributed by atoms with Gasteiger partial charge >= 0.3 is 5.97 Å². The highest BCUT2D eigenvalue weighted by Gasteiger charge is 2.20. The molecule has 1 heterocycles. The number of benzene rings is 2. The van der Waals surface area contributed by atoms with Gasteiger partial charge in [0.15, 0.2) is 6.10 Å². The second-order valence-electron chi connectivity index (χ2n) is 6.55. The topological polar surface area (TPSA) is 84.2 Å². The Hall–Kier alpha value is -3.48. The predicted molar refractivity (Wildman–Crippen MR) is 112 cm³/mol. The van der Waals surface area contributed by atoms with Crippen LogP contribution in [0.2, 0.25) is 0 Å². The summed E-state index contributed by atoms with van der Waals surface area (Å²) in [5.41, 5.74) is 0.0179. The normalized spacial score (nSPS) is 11.7. The third kappa shape index (κ3) is 4.92. The lowest BCUT2D eigenvalue weighted by Crippen LogP contribution is -2.28. The molecule has 2 aromatic carbocycles. The van der Waals surface area contributed by atoms with Gasteiger partial charge in [0, 0.05) is 6.07 Å². The SMILES string of the molecule is CCCOC(=O)[C@H](CC)Oc1ccc2c(=O)c(Oc3ccc(OC)cc3)coc2c1. The fourth-order valence-electron chi connectivity index (χ4n) is 2.76. The van der Waals surface area contributed by atoms with Crippen LogP contribution >= 0.6 is 0 Å². The summed E-state index contributed by atoms with van der Waals surface area (Å²) in [7, 11) is 1.57. The van der Waals surface area contributed by atoms with Crippen LogP contribution in [0.15, 0.2) is 57.9 Å². The van der Waals surface area contributed by atoms with Crippen LogP contribution in [-0.4, -0.2) is 25.8 Å². The number of carbonyl (C=O) groups is 1. The van der Waals surface area contributed by atoms with Gasteiger partial charge in [-0.05, 0) is 49.2 Å². The Kier molecular flexibility index (Phi) is 6.95. The van der Waals surface area contributed by atoms with Crippen LogP contribution in [0.1, 0.15) is 26.7 Å². The van der Waals surface area contributed by atoms with E-state index in [9.17, 15) is 9.59 Å². The van der Waals surface area contributed by atoms with E-state index >= 15 is 0 Å². The molecule has 7 nitrogen and oxygen atoms in total. The van der Waals surface area contributed by atoms with Crippen molar-refractivity contribution in [3.8, 4) is 23.0 Å². The zero-order chi connectivity index (χ0) is 21.5. The van der Waals surface area contributed by atoms with E-state index in [1.54, 1.807) is 49.6 Å². The molecule has 3 rings (SSSR count). The van der Waals surface area contributed by atoms with Crippen LogP contribution in [0.5, 0.6) is 23.0 Å². The van der Waals surface area contributed by atoms with Crippen molar-refractivity contribution in [1.29, 1.82) is 0 Å². The first-order chi connectivity index (χ1) is 14.5. The van der Waals surface area contributed by atoms with E-state index in [4.69, 9.17) is 23.4 Å². The maximum atomic E-state index is 12.7. The predicted octanol–water partition coefficient (Wildman–Crippen LogP) is 4.70. The molecule has 0 saturated heterocycles. The van der Waals surface area contributed by atoms with Crippen molar-refractivity contribution in [2.75, 3.05) is 13.7 Å². The zero-order valence-corrected chi connectivity index (χ0v) is 17.2. The molecule has 0 aliphatic rings. The molecular weight excluding hydrogens is 388 g/mol. The highest BCUT2D eigenvalue weighted by atomic mass is 16.6. The molecule has 0 radical (unpaired) electrons. The molecule has 0 amide bonds. The van der Waals surface area contributed by atoms with Crippen molar-refractivity contribution in [3.05, 3.63) is 59.0 Å². The molecule has 0 N–H and O–H groups in total. The van der Waals surface area contributed by atoms with E-state index in [1.165, 1.54) is 6.26 Å². The molecule has 0 unspecified atom stereocenters. The fourth-order valence-corrected chi connectivity index (χ4v) is 2.76. The Balaban J connectivity index is 1.79. The largest absolute Gasteiger partial charge is 0.497 e. The summed E-state index contributed by atoms with van der Waals surface area (Å²) in [5.74, 6) is 1.23. The number of rotatable bonds is 9. The lowest BCUT2D eigenvalue weighted by atomic mass is 10.2. The first-order valence-corrected chi connectivity index (χ1v) is 9.76. The van der Waals surface area contributed by atoms with Gasteiger partial charge in [0.2, 0.25) is 11.2 Å². The molecule has 158 valence electrons. The van der Waals surface area contributed by atoms with Crippen LogP contribution in [0.4, 0.5) is 0 Å². The van der Waals surface area contributed by atoms with Gasteiger partial charge in [-0.3, -0.25) is 4.79 Å². The van der Waals surface area contributed by atoms with Gasteiger partial charge in [-0.15, -0.1) is 0 Å². The summed E-state index contributed by atoms with van der Waals surface area (Å²) in [4.78, 5) is 24.8. The molecule has 30 heavy (non-hydrogen) atoms. The summed E-state index contributed by atoms with van der Waals surface area (Å²) in [5, 5.41) is 0.343. The van der Waals surface area contributed by atoms with Crippen LogP contribution in [0.3, 0.4) is 0 Å². The number of fused-ring (bicyclic) bond motifs is 1. The van der Waals surface area contributed by atoms with Crippen LogP contribution in [0, 0.1) is 0 Å². The molecule has 0 aliphatic heterocycles. The minimum atomic E-state index is -0.724. The third-order valence-electron chi connectivity index (χ3n) is 4.36. The summed E-state index contributed by atoms with van der Waals surface area (Å²) in [6, 6.07) is 11.6. The van der Waals surface area contributed by atoms with Gasteiger partial charge in [-0.2, -0.15) is 0 Å². The van der Waals surface area contributed by atoms with E-state index in [0.29, 0.717) is 41.2 Å². The zero-order valence-electron chi connectivity index (χ0n) is 17.2. The number of esters is 1. The second-order valence-corrected chi connectivity index (χ2v) is 6.55. The number of hydrogen-bond donors (Lipinski definition) is 0. The quantitative estimate of drug-likeness (QED) is 0.471. The van der Waals surface area contributed by atoms with E-state index in [2.05, 4.69) is 0 Å². The van der Waals surface area contributed by atoms with E-state index < -0.39 is 12.1 Å². The average Bonchev–Trinajstić information content (AvgIpc) is 2.78. The Morgan fingerprint density at radius 3 is 2.40 bits per heavy atom. The van der Waals surface area contributed by atoms with Gasteiger partial charge in [0.25, 0.3) is 0 Å². The minimum absolute atomic E-state index is 0.0657. The summed E-state index contributed by atoms with van der Waals surface area (Å²) >= 11 is 0. The molecule has 1 atom stereocenters. The van der Waals surface area contributed by atoms with E-state index in [-0.39, 0.29) is 11.2 Å². The lowest BCUT2D eigenvalue weighted by Gasteiger charge is -2.16. The van der Waals surface area contributed by atoms with Crippen molar-refractivity contribution in [2.45, 2.75) is 32.8 Å². The van der Waals surface area contributed by atoms with Gasteiger partial charge < -0.3 is 23.4 Å². The molecule has 7 heteroatoms. The summed E-state index contributed by atoms with van der Waals surface area (Å²) < 4.78 is 27.2. The molecule has 0 spiro atoms. The summed E-state index contributed by atoms with van der Waals surface area (Å²) in [6.07, 6.45) is 1.73. The van der Waals surface area contributed by atoms with Crippen LogP contribution in [-0.2, 0) is 9.53 Å².